The normalized spacial score (nSPS) is 11.7. The lowest BCUT2D eigenvalue weighted by atomic mass is 9.95. The zero-order valence-electron chi connectivity index (χ0n) is 13.7. The highest BCUT2D eigenvalue weighted by Crippen LogP contribution is 2.32. The van der Waals surface area contributed by atoms with E-state index in [1.165, 1.54) is 48.7 Å². The predicted molar refractivity (Wildman–Crippen MR) is 106 cm³/mol. The molecule has 0 nitrogen and oxygen atoms in total. The second-order valence-electron chi connectivity index (χ2n) is 6.59. The van der Waals surface area contributed by atoms with E-state index < -0.39 is 0 Å². The molecule has 0 unspecified atom stereocenters. The van der Waals surface area contributed by atoms with Gasteiger partial charge in [0, 0.05) is 0 Å². The van der Waals surface area contributed by atoms with Gasteiger partial charge in [0.25, 0.3) is 0 Å². The summed E-state index contributed by atoms with van der Waals surface area (Å²) in [7, 11) is 0. The van der Waals surface area contributed by atoms with E-state index >= 15 is 0 Å². The van der Waals surface area contributed by atoms with Crippen molar-refractivity contribution in [1.82, 2.24) is 0 Å². The summed E-state index contributed by atoms with van der Waals surface area (Å²) >= 11 is 0. The van der Waals surface area contributed by atoms with Crippen LogP contribution < -0.4 is 0 Å². The monoisotopic (exact) mass is 306 g/mol. The summed E-state index contributed by atoms with van der Waals surface area (Å²) in [5.41, 5.74) is 1.40. The van der Waals surface area contributed by atoms with E-state index in [1.807, 2.05) is 0 Å². The van der Waals surface area contributed by atoms with Crippen LogP contribution in [0, 0.1) is 0 Å². The summed E-state index contributed by atoms with van der Waals surface area (Å²) in [4.78, 5) is 0. The van der Waals surface area contributed by atoms with Crippen molar-refractivity contribution in [3.8, 4) is 0 Å². The third kappa shape index (κ3) is 2.00. The van der Waals surface area contributed by atoms with Gasteiger partial charge in [-0.3, -0.25) is 0 Å². The van der Waals surface area contributed by atoms with Crippen LogP contribution in [0.15, 0.2) is 78.9 Å². The first-order valence-corrected chi connectivity index (χ1v) is 8.60. The Morgan fingerprint density at radius 3 is 1.71 bits per heavy atom. The summed E-state index contributed by atoms with van der Waals surface area (Å²) in [6.07, 6.45) is 1.08. The largest absolute Gasteiger partial charge is 0.0616 e. The number of benzene rings is 5. The van der Waals surface area contributed by atoms with Crippen molar-refractivity contribution >= 4 is 43.1 Å². The lowest BCUT2D eigenvalue weighted by Crippen LogP contribution is -1.83. The number of hydrogen-bond acceptors (Lipinski definition) is 0. The molecule has 0 saturated carbocycles. The molecule has 0 heterocycles. The average molecular weight is 306 g/mol. The van der Waals surface area contributed by atoms with Crippen LogP contribution in [0.2, 0.25) is 0 Å². The van der Waals surface area contributed by atoms with Gasteiger partial charge in [0.1, 0.15) is 0 Å². The van der Waals surface area contributed by atoms with Crippen LogP contribution in [0.3, 0.4) is 0 Å². The molecule has 114 valence electrons. The average Bonchev–Trinajstić information content (AvgIpc) is 2.64. The molecule has 0 bridgehead atoms. The molecule has 5 aromatic carbocycles. The lowest BCUT2D eigenvalue weighted by Gasteiger charge is -2.09. The van der Waals surface area contributed by atoms with Crippen molar-refractivity contribution < 1.29 is 0 Å². The summed E-state index contributed by atoms with van der Waals surface area (Å²) < 4.78 is 0. The van der Waals surface area contributed by atoms with Crippen LogP contribution in [0.1, 0.15) is 12.5 Å². The summed E-state index contributed by atoms with van der Waals surface area (Å²) in [6.45, 7) is 2.21. The summed E-state index contributed by atoms with van der Waals surface area (Å²) in [5.74, 6) is 0. The molecule has 0 aliphatic heterocycles. The Kier molecular flexibility index (Phi) is 2.87. The smallest absolute Gasteiger partial charge is 0.00988 e. The first kappa shape index (κ1) is 13.6. The Bertz CT molecular complexity index is 1230. The lowest BCUT2D eigenvalue weighted by molar-refractivity contribution is 1.15. The molecule has 5 rings (SSSR count). The summed E-state index contributed by atoms with van der Waals surface area (Å²) in [5, 5.41) is 10.6. The van der Waals surface area contributed by atoms with Crippen molar-refractivity contribution in [3.05, 3.63) is 84.4 Å². The molecule has 24 heavy (non-hydrogen) atoms. The van der Waals surface area contributed by atoms with E-state index in [0.717, 1.165) is 6.42 Å². The van der Waals surface area contributed by atoms with E-state index in [1.54, 1.807) is 0 Å². The van der Waals surface area contributed by atoms with Crippen LogP contribution >= 0.6 is 0 Å². The van der Waals surface area contributed by atoms with E-state index in [0.29, 0.717) is 0 Å². The molecule has 0 aliphatic rings. The second-order valence-corrected chi connectivity index (χ2v) is 6.59. The maximum Gasteiger partial charge on any atom is -0.00988 e. The molecule has 0 heteroatoms. The van der Waals surface area contributed by atoms with Crippen LogP contribution in [0.25, 0.3) is 43.1 Å². The van der Waals surface area contributed by atoms with E-state index in [9.17, 15) is 0 Å². The molecule has 5 aromatic rings. The van der Waals surface area contributed by atoms with Crippen LogP contribution in [0.5, 0.6) is 0 Å². The van der Waals surface area contributed by atoms with Crippen molar-refractivity contribution in [2.75, 3.05) is 0 Å². The first-order chi connectivity index (χ1) is 11.8. The van der Waals surface area contributed by atoms with E-state index in [4.69, 9.17) is 0 Å². The molecule has 0 N–H and O–H groups in total. The van der Waals surface area contributed by atoms with Gasteiger partial charge in [0.2, 0.25) is 0 Å². The molecule has 0 saturated heterocycles. The van der Waals surface area contributed by atoms with Gasteiger partial charge in [-0.25, -0.2) is 0 Å². The fourth-order valence-corrected chi connectivity index (χ4v) is 3.76. The van der Waals surface area contributed by atoms with Crippen LogP contribution in [0.4, 0.5) is 0 Å². The Hall–Kier alpha value is -2.86. The molecular weight excluding hydrogens is 288 g/mol. The highest BCUT2D eigenvalue weighted by molar-refractivity contribution is 6.15. The zero-order chi connectivity index (χ0) is 16.1. The predicted octanol–water partition coefficient (Wildman–Crippen LogP) is 6.86. The molecule has 0 spiro atoms. The number of fused-ring (bicyclic) bond motifs is 5. The van der Waals surface area contributed by atoms with Gasteiger partial charge in [-0.1, -0.05) is 61.5 Å². The second kappa shape index (κ2) is 5.07. The van der Waals surface area contributed by atoms with Gasteiger partial charge >= 0.3 is 0 Å². The zero-order valence-corrected chi connectivity index (χ0v) is 13.7. The highest BCUT2D eigenvalue weighted by Gasteiger charge is 2.05. The van der Waals surface area contributed by atoms with Crippen molar-refractivity contribution in [2.24, 2.45) is 0 Å². The van der Waals surface area contributed by atoms with Gasteiger partial charge in [0.15, 0.2) is 0 Å². The molecule has 0 amide bonds. The maximum absolute atomic E-state index is 2.36. The molecular formula is C24H18. The molecule has 0 fully saturated rings. The topological polar surface area (TPSA) is 0 Å². The molecule has 0 aliphatic carbocycles. The van der Waals surface area contributed by atoms with Crippen molar-refractivity contribution in [3.63, 3.8) is 0 Å². The minimum atomic E-state index is 1.08. The third-order valence-electron chi connectivity index (χ3n) is 5.13. The number of hydrogen-bond donors (Lipinski definition) is 0. The van der Waals surface area contributed by atoms with Crippen LogP contribution in [-0.4, -0.2) is 0 Å². The molecule has 0 radical (unpaired) electrons. The Morgan fingerprint density at radius 2 is 1.04 bits per heavy atom. The van der Waals surface area contributed by atoms with E-state index in [-0.39, 0.29) is 0 Å². The Balaban J connectivity index is 1.93. The van der Waals surface area contributed by atoms with Crippen molar-refractivity contribution in [1.29, 1.82) is 0 Å². The van der Waals surface area contributed by atoms with E-state index in [2.05, 4.69) is 85.8 Å². The molecule has 0 aromatic heterocycles. The van der Waals surface area contributed by atoms with Gasteiger partial charge in [0.05, 0.1) is 0 Å². The minimum absolute atomic E-state index is 1.08. The van der Waals surface area contributed by atoms with Gasteiger partial charge in [-0.05, 0) is 79.3 Å². The Labute approximate surface area is 141 Å². The first-order valence-electron chi connectivity index (χ1n) is 8.60. The maximum atomic E-state index is 2.36. The fourth-order valence-electron chi connectivity index (χ4n) is 3.76. The quantitative estimate of drug-likeness (QED) is 0.234. The van der Waals surface area contributed by atoms with Gasteiger partial charge in [-0.2, -0.15) is 0 Å². The standard InChI is InChI=1S/C24H18/c1-2-16-7-8-19-13-21-10-9-20-12-17-5-3-4-6-18(17)14-23(20)24(21)15-22(19)11-16/h3-15H,2H2,1H3. The molecule has 0 atom stereocenters. The summed E-state index contributed by atoms with van der Waals surface area (Å²) in [6, 6.07) is 29.2. The van der Waals surface area contributed by atoms with Crippen molar-refractivity contribution in [2.45, 2.75) is 13.3 Å². The fraction of sp³-hybridized carbons (Fsp3) is 0.0833. The SMILES string of the molecule is CCc1ccc2cc3ccc4cc5ccccc5cc4c3cc2c1. The van der Waals surface area contributed by atoms with Gasteiger partial charge < -0.3 is 0 Å². The highest BCUT2D eigenvalue weighted by atomic mass is 14.1. The number of aryl methyl sites for hydroxylation is 1. The van der Waals surface area contributed by atoms with Gasteiger partial charge in [-0.15, -0.1) is 0 Å². The van der Waals surface area contributed by atoms with Crippen LogP contribution in [-0.2, 0) is 6.42 Å². The Morgan fingerprint density at radius 1 is 0.500 bits per heavy atom. The minimum Gasteiger partial charge on any atom is -0.0616 e. The third-order valence-corrected chi connectivity index (χ3v) is 5.13. The number of rotatable bonds is 1.